The highest BCUT2D eigenvalue weighted by molar-refractivity contribution is 5.34. The molecule has 0 bridgehead atoms. The lowest BCUT2D eigenvalue weighted by molar-refractivity contribution is 0.0341. The monoisotopic (exact) mass is 261 g/mol. The Morgan fingerprint density at radius 3 is 2.26 bits per heavy atom. The number of rotatable bonds is 3. The molecule has 0 radical (unpaired) electrons. The van der Waals surface area contributed by atoms with Crippen molar-refractivity contribution in [3.8, 4) is 0 Å². The van der Waals surface area contributed by atoms with Crippen LogP contribution in [-0.2, 0) is 23.1 Å². The second-order valence-electron chi connectivity index (χ2n) is 6.53. The standard InChI is InChI=1S/C17H27NO/c1-5-14-10-15(12-16(11-14)17(2,3)4)13-18-6-8-19-9-7-18/h10-12H,5-9,13H2,1-4H3. The molecule has 0 spiro atoms. The van der Waals surface area contributed by atoms with Gasteiger partial charge in [-0.3, -0.25) is 4.90 Å². The van der Waals surface area contributed by atoms with Gasteiger partial charge in [0.05, 0.1) is 13.2 Å². The Labute approximate surface area is 117 Å². The summed E-state index contributed by atoms with van der Waals surface area (Å²) in [5.74, 6) is 0. The van der Waals surface area contributed by atoms with E-state index in [0.29, 0.717) is 0 Å². The fourth-order valence-corrected chi connectivity index (χ4v) is 2.51. The van der Waals surface area contributed by atoms with Crippen LogP contribution >= 0.6 is 0 Å². The fourth-order valence-electron chi connectivity index (χ4n) is 2.51. The third-order valence-corrected chi connectivity index (χ3v) is 3.84. The van der Waals surface area contributed by atoms with Gasteiger partial charge in [0, 0.05) is 19.6 Å². The number of ether oxygens (including phenoxy) is 1. The highest BCUT2D eigenvalue weighted by Gasteiger charge is 2.16. The lowest BCUT2D eigenvalue weighted by Gasteiger charge is -2.28. The van der Waals surface area contributed by atoms with E-state index in [9.17, 15) is 0 Å². The van der Waals surface area contributed by atoms with E-state index in [4.69, 9.17) is 4.74 Å². The maximum absolute atomic E-state index is 5.42. The van der Waals surface area contributed by atoms with Crippen molar-refractivity contribution in [2.75, 3.05) is 26.3 Å². The Balaban J connectivity index is 2.19. The van der Waals surface area contributed by atoms with Gasteiger partial charge >= 0.3 is 0 Å². The summed E-state index contributed by atoms with van der Waals surface area (Å²) in [6.07, 6.45) is 1.11. The second-order valence-corrected chi connectivity index (χ2v) is 6.53. The summed E-state index contributed by atoms with van der Waals surface area (Å²) in [6.45, 7) is 14.0. The van der Waals surface area contributed by atoms with Crippen LogP contribution in [-0.4, -0.2) is 31.2 Å². The van der Waals surface area contributed by atoms with Crippen LogP contribution in [0.2, 0.25) is 0 Å². The molecule has 1 saturated heterocycles. The summed E-state index contributed by atoms with van der Waals surface area (Å²) in [5.41, 5.74) is 4.59. The third-order valence-electron chi connectivity index (χ3n) is 3.84. The zero-order valence-electron chi connectivity index (χ0n) is 12.8. The predicted molar refractivity (Wildman–Crippen MR) is 80.6 cm³/mol. The van der Waals surface area contributed by atoms with Gasteiger partial charge in [-0.15, -0.1) is 0 Å². The SMILES string of the molecule is CCc1cc(CN2CCOCC2)cc(C(C)(C)C)c1. The van der Waals surface area contributed by atoms with Crippen LogP contribution in [0.4, 0.5) is 0 Å². The minimum Gasteiger partial charge on any atom is -0.379 e. The molecule has 106 valence electrons. The minimum absolute atomic E-state index is 0.227. The van der Waals surface area contributed by atoms with Gasteiger partial charge in [-0.2, -0.15) is 0 Å². The Bertz CT molecular complexity index is 414. The molecule has 1 heterocycles. The van der Waals surface area contributed by atoms with Crippen molar-refractivity contribution in [2.45, 2.75) is 46.1 Å². The maximum Gasteiger partial charge on any atom is 0.0594 e. The van der Waals surface area contributed by atoms with Gasteiger partial charge in [-0.25, -0.2) is 0 Å². The first-order valence-electron chi connectivity index (χ1n) is 7.42. The molecule has 2 nitrogen and oxygen atoms in total. The molecule has 19 heavy (non-hydrogen) atoms. The lowest BCUT2D eigenvalue weighted by Crippen LogP contribution is -2.35. The van der Waals surface area contributed by atoms with Gasteiger partial charge in [0.1, 0.15) is 0 Å². The minimum atomic E-state index is 0.227. The first-order valence-corrected chi connectivity index (χ1v) is 7.42. The highest BCUT2D eigenvalue weighted by atomic mass is 16.5. The van der Waals surface area contributed by atoms with Gasteiger partial charge in [-0.1, -0.05) is 45.9 Å². The molecule has 0 amide bonds. The predicted octanol–water partition coefficient (Wildman–Crippen LogP) is 3.38. The number of hydrogen-bond donors (Lipinski definition) is 0. The van der Waals surface area contributed by atoms with E-state index >= 15 is 0 Å². The summed E-state index contributed by atoms with van der Waals surface area (Å²) >= 11 is 0. The van der Waals surface area contributed by atoms with Crippen LogP contribution in [0.3, 0.4) is 0 Å². The molecule has 0 atom stereocenters. The van der Waals surface area contributed by atoms with Crippen LogP contribution in [0.15, 0.2) is 18.2 Å². The first kappa shape index (κ1) is 14.5. The van der Waals surface area contributed by atoms with E-state index in [-0.39, 0.29) is 5.41 Å². The lowest BCUT2D eigenvalue weighted by atomic mass is 9.84. The van der Waals surface area contributed by atoms with E-state index < -0.39 is 0 Å². The summed E-state index contributed by atoms with van der Waals surface area (Å²) in [6, 6.07) is 7.11. The second kappa shape index (κ2) is 6.06. The van der Waals surface area contributed by atoms with Crippen molar-refractivity contribution in [2.24, 2.45) is 0 Å². The zero-order chi connectivity index (χ0) is 13.9. The average molecular weight is 261 g/mol. The quantitative estimate of drug-likeness (QED) is 0.827. The van der Waals surface area contributed by atoms with Crippen molar-refractivity contribution >= 4 is 0 Å². The summed E-state index contributed by atoms with van der Waals surface area (Å²) in [7, 11) is 0. The third kappa shape index (κ3) is 4.05. The number of hydrogen-bond acceptors (Lipinski definition) is 2. The molecule has 0 aliphatic carbocycles. The van der Waals surface area contributed by atoms with Gasteiger partial charge < -0.3 is 4.74 Å². The molecule has 1 aliphatic heterocycles. The Kier molecular flexibility index (Phi) is 4.64. The van der Waals surface area contributed by atoms with Gasteiger partial charge in [0.25, 0.3) is 0 Å². The smallest absolute Gasteiger partial charge is 0.0594 e. The van der Waals surface area contributed by atoms with Gasteiger partial charge in [0.15, 0.2) is 0 Å². The van der Waals surface area contributed by atoms with Gasteiger partial charge in [-0.05, 0) is 28.5 Å². The molecule has 2 heteroatoms. The van der Waals surface area contributed by atoms with Crippen molar-refractivity contribution in [3.63, 3.8) is 0 Å². The molecule has 0 saturated carbocycles. The summed E-state index contributed by atoms with van der Waals surface area (Å²) in [5, 5.41) is 0. The summed E-state index contributed by atoms with van der Waals surface area (Å²) in [4.78, 5) is 2.49. The molecule has 0 unspecified atom stereocenters. The Morgan fingerprint density at radius 1 is 1.05 bits per heavy atom. The molecule has 0 aromatic heterocycles. The first-order chi connectivity index (χ1) is 8.99. The van der Waals surface area contributed by atoms with E-state index in [2.05, 4.69) is 50.8 Å². The molecule has 1 aromatic rings. The van der Waals surface area contributed by atoms with Crippen LogP contribution in [0.5, 0.6) is 0 Å². The zero-order valence-corrected chi connectivity index (χ0v) is 12.8. The molecule has 0 N–H and O–H groups in total. The highest BCUT2D eigenvalue weighted by Crippen LogP contribution is 2.25. The Morgan fingerprint density at radius 2 is 1.68 bits per heavy atom. The largest absolute Gasteiger partial charge is 0.379 e. The number of aryl methyl sites for hydroxylation is 1. The number of nitrogens with zero attached hydrogens (tertiary/aromatic N) is 1. The van der Waals surface area contributed by atoms with Crippen molar-refractivity contribution < 1.29 is 4.74 Å². The number of benzene rings is 1. The van der Waals surface area contributed by atoms with Gasteiger partial charge in [0.2, 0.25) is 0 Å². The topological polar surface area (TPSA) is 12.5 Å². The normalized spacial score (nSPS) is 17.7. The molecule has 1 aromatic carbocycles. The molecule has 1 aliphatic rings. The molecular weight excluding hydrogens is 234 g/mol. The average Bonchev–Trinajstić information content (AvgIpc) is 2.38. The van der Waals surface area contributed by atoms with E-state index in [1.807, 2.05) is 0 Å². The van der Waals surface area contributed by atoms with Crippen molar-refractivity contribution in [3.05, 3.63) is 34.9 Å². The van der Waals surface area contributed by atoms with Crippen molar-refractivity contribution in [1.82, 2.24) is 4.90 Å². The Hall–Kier alpha value is -0.860. The van der Waals surface area contributed by atoms with E-state index in [1.54, 1.807) is 0 Å². The molecule has 1 fully saturated rings. The molecule has 2 rings (SSSR count). The van der Waals surface area contributed by atoms with Crippen molar-refractivity contribution in [1.29, 1.82) is 0 Å². The van der Waals surface area contributed by atoms with Crippen LogP contribution in [0, 0.1) is 0 Å². The summed E-state index contributed by atoms with van der Waals surface area (Å²) < 4.78 is 5.42. The van der Waals surface area contributed by atoms with Crippen LogP contribution < -0.4 is 0 Å². The maximum atomic E-state index is 5.42. The van der Waals surface area contributed by atoms with Crippen LogP contribution in [0.1, 0.15) is 44.4 Å². The number of morpholine rings is 1. The molecular formula is C17H27NO. The fraction of sp³-hybridized carbons (Fsp3) is 0.647. The van der Waals surface area contributed by atoms with E-state index in [0.717, 1.165) is 39.3 Å². The van der Waals surface area contributed by atoms with E-state index in [1.165, 1.54) is 16.7 Å². The van der Waals surface area contributed by atoms with Crippen LogP contribution in [0.25, 0.3) is 0 Å².